The van der Waals surface area contributed by atoms with Crippen molar-refractivity contribution in [1.82, 2.24) is 9.97 Å². The maximum absolute atomic E-state index is 12.0. The molecule has 0 atom stereocenters. The number of carbonyl (C=O) groups is 1. The fourth-order valence-corrected chi connectivity index (χ4v) is 2.93. The van der Waals surface area contributed by atoms with E-state index in [2.05, 4.69) is 31.2 Å². The highest BCUT2D eigenvalue weighted by Gasteiger charge is 2.09. The number of aromatic nitrogens is 2. The Kier molecular flexibility index (Phi) is 4.60. The maximum Gasteiger partial charge on any atom is 0.230 e. The SMILES string of the molecule is O=C(Cc1ccc(Br)cc1)Nc1nc(-c2cccnc2)cs1. The highest BCUT2D eigenvalue weighted by Crippen LogP contribution is 2.24. The molecule has 2 aromatic heterocycles. The molecule has 6 heteroatoms. The maximum atomic E-state index is 12.0. The van der Waals surface area contributed by atoms with E-state index in [0.29, 0.717) is 11.6 Å². The minimum absolute atomic E-state index is 0.0746. The lowest BCUT2D eigenvalue weighted by Crippen LogP contribution is -2.14. The molecular formula is C16H12BrN3OS. The summed E-state index contributed by atoms with van der Waals surface area (Å²) in [5.41, 5.74) is 2.72. The molecule has 3 aromatic rings. The quantitative estimate of drug-likeness (QED) is 0.747. The van der Waals surface area contributed by atoms with Gasteiger partial charge in [-0.05, 0) is 29.8 Å². The summed E-state index contributed by atoms with van der Waals surface area (Å²) in [7, 11) is 0. The number of nitrogens with zero attached hydrogens (tertiary/aromatic N) is 2. The number of carbonyl (C=O) groups excluding carboxylic acids is 1. The molecule has 0 aliphatic carbocycles. The first-order valence-corrected chi connectivity index (χ1v) is 8.28. The number of thiazole rings is 1. The number of hydrogen-bond donors (Lipinski definition) is 1. The second kappa shape index (κ2) is 6.81. The monoisotopic (exact) mass is 373 g/mol. The van der Waals surface area contributed by atoms with Crippen LogP contribution in [0, 0.1) is 0 Å². The van der Waals surface area contributed by atoms with Gasteiger partial charge in [-0.25, -0.2) is 4.98 Å². The Balaban J connectivity index is 1.65. The first-order valence-electron chi connectivity index (χ1n) is 6.61. The van der Waals surface area contributed by atoms with Crippen molar-refractivity contribution in [1.29, 1.82) is 0 Å². The van der Waals surface area contributed by atoms with Gasteiger partial charge in [0.2, 0.25) is 5.91 Å². The van der Waals surface area contributed by atoms with E-state index in [1.165, 1.54) is 11.3 Å². The summed E-state index contributed by atoms with van der Waals surface area (Å²) < 4.78 is 0.998. The van der Waals surface area contributed by atoms with Crippen LogP contribution in [0.1, 0.15) is 5.56 Å². The predicted octanol–water partition coefficient (Wildman–Crippen LogP) is 4.15. The van der Waals surface area contributed by atoms with Gasteiger partial charge >= 0.3 is 0 Å². The lowest BCUT2D eigenvalue weighted by Gasteiger charge is -2.02. The van der Waals surface area contributed by atoms with Crippen LogP contribution in [-0.4, -0.2) is 15.9 Å². The molecule has 1 aromatic carbocycles. The summed E-state index contributed by atoms with van der Waals surface area (Å²) in [6, 6.07) is 11.5. The number of anilines is 1. The fourth-order valence-electron chi connectivity index (χ4n) is 1.93. The van der Waals surface area contributed by atoms with Gasteiger partial charge < -0.3 is 5.32 Å². The lowest BCUT2D eigenvalue weighted by atomic mass is 10.1. The molecule has 0 fully saturated rings. The van der Waals surface area contributed by atoms with Crippen LogP contribution in [0.4, 0.5) is 5.13 Å². The summed E-state index contributed by atoms with van der Waals surface area (Å²) >= 11 is 4.78. The van der Waals surface area contributed by atoms with Crippen LogP contribution in [0.25, 0.3) is 11.3 Å². The molecule has 0 saturated heterocycles. The third-order valence-electron chi connectivity index (χ3n) is 2.99. The molecule has 22 heavy (non-hydrogen) atoms. The molecule has 1 N–H and O–H groups in total. The number of hydrogen-bond acceptors (Lipinski definition) is 4. The van der Waals surface area contributed by atoms with E-state index in [9.17, 15) is 4.79 Å². The number of benzene rings is 1. The van der Waals surface area contributed by atoms with E-state index in [1.54, 1.807) is 12.4 Å². The van der Waals surface area contributed by atoms with Crippen LogP contribution >= 0.6 is 27.3 Å². The average molecular weight is 374 g/mol. The number of halogens is 1. The van der Waals surface area contributed by atoms with Crippen molar-refractivity contribution in [3.63, 3.8) is 0 Å². The smallest absolute Gasteiger partial charge is 0.230 e. The van der Waals surface area contributed by atoms with Crippen molar-refractivity contribution in [2.24, 2.45) is 0 Å². The molecule has 0 radical (unpaired) electrons. The standard InChI is InChI=1S/C16H12BrN3OS/c17-13-5-3-11(4-6-13)8-15(21)20-16-19-14(10-22-16)12-2-1-7-18-9-12/h1-7,9-10H,8H2,(H,19,20,21). The fraction of sp³-hybridized carbons (Fsp3) is 0.0625. The highest BCUT2D eigenvalue weighted by atomic mass is 79.9. The van der Waals surface area contributed by atoms with Gasteiger partial charge in [0.05, 0.1) is 12.1 Å². The van der Waals surface area contributed by atoms with Gasteiger partial charge in [0.25, 0.3) is 0 Å². The zero-order chi connectivity index (χ0) is 15.4. The van der Waals surface area contributed by atoms with Crippen molar-refractivity contribution in [2.45, 2.75) is 6.42 Å². The van der Waals surface area contributed by atoms with Crippen LogP contribution < -0.4 is 5.32 Å². The molecule has 0 bridgehead atoms. The number of pyridine rings is 1. The molecular weight excluding hydrogens is 362 g/mol. The van der Waals surface area contributed by atoms with Crippen molar-refractivity contribution < 1.29 is 4.79 Å². The normalized spacial score (nSPS) is 10.4. The van der Waals surface area contributed by atoms with E-state index in [4.69, 9.17) is 0 Å². The second-order valence-corrected chi connectivity index (χ2v) is 6.40. The van der Waals surface area contributed by atoms with Gasteiger partial charge in [0.1, 0.15) is 0 Å². The van der Waals surface area contributed by atoms with E-state index >= 15 is 0 Å². The molecule has 4 nitrogen and oxygen atoms in total. The molecule has 0 unspecified atom stereocenters. The molecule has 1 amide bonds. The van der Waals surface area contributed by atoms with Crippen molar-refractivity contribution in [3.8, 4) is 11.3 Å². The summed E-state index contributed by atoms with van der Waals surface area (Å²) in [6.45, 7) is 0. The van der Waals surface area contributed by atoms with Crippen LogP contribution in [0.3, 0.4) is 0 Å². The average Bonchev–Trinajstić information content (AvgIpc) is 2.99. The van der Waals surface area contributed by atoms with Crippen LogP contribution in [0.15, 0.2) is 58.6 Å². The minimum atomic E-state index is -0.0746. The molecule has 2 heterocycles. The van der Waals surface area contributed by atoms with Crippen LogP contribution in [-0.2, 0) is 11.2 Å². The Hall–Kier alpha value is -2.05. The molecule has 0 saturated carbocycles. The van der Waals surface area contributed by atoms with Crippen molar-refractivity contribution >= 4 is 38.3 Å². The van der Waals surface area contributed by atoms with Gasteiger partial charge in [-0.2, -0.15) is 0 Å². The van der Waals surface area contributed by atoms with E-state index in [1.807, 2.05) is 41.8 Å². The topological polar surface area (TPSA) is 54.9 Å². The highest BCUT2D eigenvalue weighted by molar-refractivity contribution is 9.10. The Bertz CT molecular complexity index is 772. The van der Waals surface area contributed by atoms with Crippen LogP contribution in [0.5, 0.6) is 0 Å². The number of rotatable bonds is 4. The Labute approximate surface area is 140 Å². The van der Waals surface area contributed by atoms with Gasteiger partial charge in [-0.15, -0.1) is 11.3 Å². The van der Waals surface area contributed by atoms with E-state index < -0.39 is 0 Å². The molecule has 0 spiro atoms. The largest absolute Gasteiger partial charge is 0.302 e. The third kappa shape index (κ3) is 3.78. The summed E-state index contributed by atoms with van der Waals surface area (Å²) in [5.74, 6) is -0.0746. The Morgan fingerprint density at radius 1 is 1.23 bits per heavy atom. The Morgan fingerprint density at radius 3 is 2.77 bits per heavy atom. The van der Waals surface area contributed by atoms with Gasteiger partial charge in [0, 0.05) is 27.8 Å². The van der Waals surface area contributed by atoms with E-state index in [0.717, 1.165) is 21.3 Å². The number of amides is 1. The van der Waals surface area contributed by atoms with Crippen molar-refractivity contribution in [3.05, 3.63) is 64.2 Å². The van der Waals surface area contributed by atoms with E-state index in [-0.39, 0.29) is 5.91 Å². The van der Waals surface area contributed by atoms with Gasteiger partial charge in [-0.1, -0.05) is 28.1 Å². The first kappa shape index (κ1) is 14.9. The third-order valence-corrected chi connectivity index (χ3v) is 4.27. The zero-order valence-corrected chi connectivity index (χ0v) is 13.9. The van der Waals surface area contributed by atoms with Crippen LogP contribution in [0.2, 0.25) is 0 Å². The zero-order valence-electron chi connectivity index (χ0n) is 11.5. The Morgan fingerprint density at radius 2 is 2.05 bits per heavy atom. The molecule has 110 valence electrons. The summed E-state index contributed by atoms with van der Waals surface area (Å²) in [6.07, 6.45) is 3.80. The molecule has 0 aliphatic heterocycles. The number of nitrogens with one attached hydrogen (secondary N) is 1. The second-order valence-electron chi connectivity index (χ2n) is 4.63. The predicted molar refractivity (Wildman–Crippen MR) is 91.8 cm³/mol. The summed E-state index contributed by atoms with van der Waals surface area (Å²) in [4.78, 5) is 20.5. The molecule has 3 rings (SSSR count). The van der Waals surface area contributed by atoms with Gasteiger partial charge in [-0.3, -0.25) is 9.78 Å². The molecule has 0 aliphatic rings. The minimum Gasteiger partial charge on any atom is -0.302 e. The lowest BCUT2D eigenvalue weighted by molar-refractivity contribution is -0.115. The van der Waals surface area contributed by atoms with Gasteiger partial charge in [0.15, 0.2) is 5.13 Å². The summed E-state index contributed by atoms with van der Waals surface area (Å²) in [5, 5.41) is 5.34. The van der Waals surface area contributed by atoms with Crippen molar-refractivity contribution in [2.75, 3.05) is 5.32 Å². The first-order chi connectivity index (χ1) is 10.7.